The number of tetrazole rings is 1. The molecule has 2 aromatic carbocycles. The van der Waals surface area contributed by atoms with Gasteiger partial charge >= 0.3 is 0 Å². The van der Waals surface area contributed by atoms with Crippen LogP contribution in [-0.2, 0) is 10.3 Å². The van der Waals surface area contributed by atoms with E-state index in [9.17, 15) is 4.79 Å². The molecule has 0 spiro atoms. The van der Waals surface area contributed by atoms with Crippen LogP contribution in [0.25, 0.3) is 0 Å². The predicted molar refractivity (Wildman–Crippen MR) is 105 cm³/mol. The Hall–Kier alpha value is -2.87. The van der Waals surface area contributed by atoms with Crippen molar-refractivity contribution in [2.75, 3.05) is 11.1 Å². The monoisotopic (exact) mass is 383 g/mol. The van der Waals surface area contributed by atoms with Crippen molar-refractivity contribution in [3.8, 4) is 11.5 Å². The van der Waals surface area contributed by atoms with Crippen LogP contribution in [0, 0.1) is 0 Å². The fourth-order valence-electron chi connectivity index (χ4n) is 2.28. The average Bonchev–Trinajstić information content (AvgIpc) is 3.10. The van der Waals surface area contributed by atoms with Crippen molar-refractivity contribution >= 4 is 23.4 Å². The predicted octanol–water partition coefficient (Wildman–Crippen LogP) is 3.95. The van der Waals surface area contributed by atoms with E-state index in [4.69, 9.17) is 4.74 Å². The molecule has 27 heavy (non-hydrogen) atoms. The first-order chi connectivity index (χ1) is 12.9. The number of anilines is 1. The molecule has 0 bridgehead atoms. The molecule has 1 heterocycles. The molecular weight excluding hydrogens is 362 g/mol. The Morgan fingerprint density at radius 3 is 2.59 bits per heavy atom. The number of carbonyl (C=O) groups is 1. The lowest BCUT2D eigenvalue weighted by Crippen LogP contribution is -2.24. The minimum Gasteiger partial charge on any atom is -0.457 e. The Morgan fingerprint density at radius 1 is 1.11 bits per heavy atom. The van der Waals surface area contributed by atoms with Gasteiger partial charge in [-0.1, -0.05) is 36.0 Å². The molecule has 0 unspecified atom stereocenters. The molecule has 0 atom stereocenters. The highest BCUT2D eigenvalue weighted by atomic mass is 32.2. The number of nitrogens with zero attached hydrogens (tertiary/aromatic N) is 4. The molecule has 0 fully saturated rings. The van der Waals surface area contributed by atoms with Gasteiger partial charge in [-0.2, -0.15) is 0 Å². The zero-order chi connectivity index (χ0) is 19.3. The third kappa shape index (κ3) is 5.30. The van der Waals surface area contributed by atoms with Gasteiger partial charge in [0.25, 0.3) is 0 Å². The maximum absolute atomic E-state index is 12.3. The van der Waals surface area contributed by atoms with Gasteiger partial charge < -0.3 is 10.1 Å². The molecule has 0 radical (unpaired) electrons. The van der Waals surface area contributed by atoms with E-state index in [0.717, 1.165) is 5.75 Å². The summed E-state index contributed by atoms with van der Waals surface area (Å²) >= 11 is 1.30. The van der Waals surface area contributed by atoms with Gasteiger partial charge in [0, 0.05) is 11.8 Å². The van der Waals surface area contributed by atoms with Gasteiger partial charge in [-0.25, -0.2) is 4.68 Å². The molecule has 1 amide bonds. The van der Waals surface area contributed by atoms with Crippen molar-refractivity contribution in [3.63, 3.8) is 0 Å². The summed E-state index contributed by atoms with van der Waals surface area (Å²) < 4.78 is 7.49. The third-order valence-corrected chi connectivity index (χ3v) is 4.42. The van der Waals surface area contributed by atoms with E-state index in [1.165, 1.54) is 11.8 Å². The molecule has 0 aliphatic rings. The van der Waals surface area contributed by atoms with Crippen LogP contribution >= 0.6 is 11.8 Å². The normalized spacial score (nSPS) is 11.2. The van der Waals surface area contributed by atoms with Gasteiger partial charge in [-0.3, -0.25) is 4.79 Å². The first kappa shape index (κ1) is 18.9. The number of thioether (sulfide) groups is 1. The van der Waals surface area contributed by atoms with Crippen LogP contribution in [0.1, 0.15) is 20.8 Å². The molecule has 0 aliphatic heterocycles. The summed E-state index contributed by atoms with van der Waals surface area (Å²) in [7, 11) is 0. The second-order valence-corrected chi connectivity index (χ2v) is 7.77. The zero-order valence-electron chi connectivity index (χ0n) is 15.4. The second kappa shape index (κ2) is 8.22. The van der Waals surface area contributed by atoms with Crippen molar-refractivity contribution in [2.45, 2.75) is 31.5 Å². The van der Waals surface area contributed by atoms with Gasteiger partial charge in [0.2, 0.25) is 11.1 Å². The van der Waals surface area contributed by atoms with Crippen molar-refractivity contribution in [3.05, 3.63) is 54.6 Å². The number of ether oxygens (including phenoxy) is 1. The first-order valence-electron chi connectivity index (χ1n) is 8.46. The van der Waals surface area contributed by atoms with Crippen LogP contribution in [0.5, 0.6) is 11.5 Å². The second-order valence-electron chi connectivity index (χ2n) is 6.82. The number of amides is 1. The van der Waals surface area contributed by atoms with Crippen LogP contribution in [0.2, 0.25) is 0 Å². The molecule has 140 valence electrons. The summed E-state index contributed by atoms with van der Waals surface area (Å²) in [6, 6.07) is 16.8. The summed E-state index contributed by atoms with van der Waals surface area (Å²) in [4.78, 5) is 12.3. The number of para-hydroxylation sites is 1. The lowest BCUT2D eigenvalue weighted by Gasteiger charge is -2.19. The molecule has 1 N–H and O–H groups in total. The lowest BCUT2D eigenvalue weighted by atomic mass is 10.1. The third-order valence-electron chi connectivity index (χ3n) is 3.51. The van der Waals surface area contributed by atoms with Crippen LogP contribution < -0.4 is 10.1 Å². The molecule has 3 rings (SSSR count). The highest BCUT2D eigenvalue weighted by Gasteiger charge is 2.20. The number of benzene rings is 2. The summed E-state index contributed by atoms with van der Waals surface area (Å²) in [6.45, 7) is 6.02. The van der Waals surface area contributed by atoms with Crippen molar-refractivity contribution in [1.29, 1.82) is 0 Å². The van der Waals surface area contributed by atoms with Gasteiger partial charge in [-0.15, -0.1) is 5.10 Å². The van der Waals surface area contributed by atoms with Gasteiger partial charge in [0.1, 0.15) is 11.5 Å². The Balaban J connectivity index is 1.58. The number of carbonyl (C=O) groups excluding carboxylic acids is 1. The van der Waals surface area contributed by atoms with Gasteiger partial charge in [0.15, 0.2) is 0 Å². The maximum Gasteiger partial charge on any atom is 0.234 e. The highest BCUT2D eigenvalue weighted by molar-refractivity contribution is 7.99. The van der Waals surface area contributed by atoms with Crippen LogP contribution in [0.3, 0.4) is 0 Å². The molecule has 3 aromatic rings. The number of hydrogen-bond donors (Lipinski definition) is 1. The molecule has 1 aromatic heterocycles. The molecule has 0 saturated heterocycles. The van der Waals surface area contributed by atoms with Crippen LogP contribution in [0.15, 0.2) is 59.8 Å². The number of aromatic nitrogens is 4. The van der Waals surface area contributed by atoms with E-state index in [0.29, 0.717) is 16.6 Å². The van der Waals surface area contributed by atoms with Crippen LogP contribution in [-0.4, -0.2) is 31.9 Å². The van der Waals surface area contributed by atoms with E-state index in [-0.39, 0.29) is 17.2 Å². The largest absolute Gasteiger partial charge is 0.457 e. The lowest BCUT2D eigenvalue weighted by molar-refractivity contribution is -0.113. The minimum absolute atomic E-state index is 0.139. The number of nitrogens with one attached hydrogen (secondary N) is 1. The standard InChI is InChI=1S/C19H21N5O2S/c1-19(2,3)24-18(21-22-23-24)27-13-17(25)20-14-8-7-11-16(12-14)26-15-9-5-4-6-10-15/h4-12H,13H2,1-3H3,(H,20,25). The molecular formula is C19H21N5O2S. The van der Waals surface area contributed by atoms with Gasteiger partial charge in [0.05, 0.1) is 11.3 Å². The Labute approximate surface area is 162 Å². The van der Waals surface area contributed by atoms with Crippen LogP contribution in [0.4, 0.5) is 5.69 Å². The number of hydrogen-bond acceptors (Lipinski definition) is 6. The van der Waals surface area contributed by atoms with Crippen molar-refractivity contribution < 1.29 is 9.53 Å². The van der Waals surface area contributed by atoms with Crippen molar-refractivity contribution in [1.82, 2.24) is 20.2 Å². The smallest absolute Gasteiger partial charge is 0.234 e. The van der Waals surface area contributed by atoms with Crippen molar-refractivity contribution in [2.24, 2.45) is 0 Å². The van der Waals surface area contributed by atoms with Gasteiger partial charge in [-0.05, 0) is 55.5 Å². The Kier molecular flexibility index (Phi) is 5.75. The van der Waals surface area contributed by atoms with E-state index < -0.39 is 0 Å². The van der Waals surface area contributed by atoms with E-state index in [1.807, 2.05) is 69.3 Å². The van der Waals surface area contributed by atoms with E-state index >= 15 is 0 Å². The minimum atomic E-state index is -0.245. The maximum atomic E-state index is 12.3. The topological polar surface area (TPSA) is 81.9 Å². The Bertz CT molecular complexity index is 906. The molecule has 7 nitrogen and oxygen atoms in total. The van der Waals surface area contributed by atoms with E-state index in [2.05, 4.69) is 20.8 Å². The zero-order valence-corrected chi connectivity index (χ0v) is 16.2. The fraction of sp³-hybridized carbons (Fsp3) is 0.263. The van der Waals surface area contributed by atoms with E-state index in [1.54, 1.807) is 10.7 Å². The molecule has 0 aliphatic carbocycles. The summed E-state index contributed by atoms with van der Waals surface area (Å²) in [5.41, 5.74) is 0.426. The summed E-state index contributed by atoms with van der Waals surface area (Å²) in [5, 5.41) is 15.2. The number of rotatable bonds is 6. The summed E-state index contributed by atoms with van der Waals surface area (Å²) in [6.07, 6.45) is 0. The quantitative estimate of drug-likeness (QED) is 0.649. The fourth-order valence-corrected chi connectivity index (χ4v) is 3.14. The Morgan fingerprint density at radius 2 is 1.85 bits per heavy atom. The summed E-state index contributed by atoms with van der Waals surface area (Å²) in [5.74, 6) is 1.47. The molecule has 8 heteroatoms. The average molecular weight is 383 g/mol. The first-order valence-corrected chi connectivity index (χ1v) is 9.45. The SMILES string of the molecule is CC(C)(C)n1nnnc1SCC(=O)Nc1cccc(Oc2ccccc2)c1. The molecule has 0 saturated carbocycles. The highest BCUT2D eigenvalue weighted by Crippen LogP contribution is 2.25.